The van der Waals surface area contributed by atoms with Crippen LogP contribution in [0.5, 0.6) is 0 Å². The molecule has 3 nitrogen and oxygen atoms in total. The fraction of sp³-hybridized carbons (Fsp3) is 0.714. The highest BCUT2D eigenvalue weighted by Gasteiger charge is 2.21. The summed E-state index contributed by atoms with van der Waals surface area (Å²) in [7, 11) is 2.21. The van der Waals surface area contributed by atoms with Gasteiger partial charge in [-0.1, -0.05) is 6.92 Å². The number of likely N-dealkylation sites (N-methyl/N-ethyl adjacent to an activating group) is 1. The molecule has 1 fully saturated rings. The Bertz CT molecular complexity index is 372. The first-order valence-electron chi connectivity index (χ1n) is 6.77. The molecule has 1 aromatic rings. The normalized spacial score (nSPS) is 19.9. The molecule has 0 saturated carbocycles. The Kier molecular flexibility index (Phi) is 5.18. The molecule has 2 rings (SSSR count). The van der Waals surface area contributed by atoms with E-state index in [0.717, 1.165) is 32.8 Å². The van der Waals surface area contributed by atoms with Crippen LogP contribution in [0.3, 0.4) is 0 Å². The maximum Gasteiger partial charge on any atom is 0.0622 e. The largest absolute Gasteiger partial charge is 0.380 e. The monoisotopic (exact) mass is 268 g/mol. The standard InChI is InChI=1S/C14H24N2OS/c1-4-15-8-14-7-12(11(2)18-14)9-16(3)13-5-6-17-10-13/h7,13,15H,4-6,8-10H2,1-3H3. The van der Waals surface area contributed by atoms with E-state index in [-0.39, 0.29) is 0 Å². The first-order chi connectivity index (χ1) is 8.70. The minimum Gasteiger partial charge on any atom is -0.380 e. The number of ether oxygens (including phenoxy) is 1. The van der Waals surface area contributed by atoms with Crippen LogP contribution < -0.4 is 5.32 Å². The topological polar surface area (TPSA) is 24.5 Å². The van der Waals surface area contributed by atoms with Crippen molar-refractivity contribution in [3.05, 3.63) is 21.4 Å². The minimum atomic E-state index is 0.599. The van der Waals surface area contributed by atoms with E-state index in [2.05, 4.69) is 37.2 Å². The van der Waals surface area contributed by atoms with E-state index in [9.17, 15) is 0 Å². The predicted molar refractivity (Wildman–Crippen MR) is 77.1 cm³/mol. The van der Waals surface area contributed by atoms with Gasteiger partial charge in [0.2, 0.25) is 0 Å². The van der Waals surface area contributed by atoms with Crippen molar-refractivity contribution < 1.29 is 4.74 Å². The van der Waals surface area contributed by atoms with Crippen LogP contribution in [0.15, 0.2) is 6.07 Å². The zero-order valence-electron chi connectivity index (χ0n) is 11.7. The second kappa shape index (κ2) is 6.66. The molecule has 1 saturated heterocycles. The summed E-state index contributed by atoms with van der Waals surface area (Å²) in [5.41, 5.74) is 1.47. The van der Waals surface area contributed by atoms with Gasteiger partial charge in [0, 0.05) is 35.5 Å². The molecule has 0 aliphatic carbocycles. The van der Waals surface area contributed by atoms with Gasteiger partial charge in [0.1, 0.15) is 0 Å². The van der Waals surface area contributed by atoms with Gasteiger partial charge in [-0.2, -0.15) is 0 Å². The fourth-order valence-corrected chi connectivity index (χ4v) is 3.37. The number of hydrogen-bond acceptors (Lipinski definition) is 4. The summed E-state index contributed by atoms with van der Waals surface area (Å²) in [5.74, 6) is 0. The number of nitrogens with zero attached hydrogens (tertiary/aromatic N) is 1. The maximum absolute atomic E-state index is 5.46. The average molecular weight is 268 g/mol. The minimum absolute atomic E-state index is 0.599. The summed E-state index contributed by atoms with van der Waals surface area (Å²) in [5, 5.41) is 3.39. The van der Waals surface area contributed by atoms with Crippen molar-refractivity contribution in [1.82, 2.24) is 10.2 Å². The van der Waals surface area contributed by atoms with Gasteiger partial charge in [0.05, 0.1) is 6.61 Å². The summed E-state index contributed by atoms with van der Waals surface area (Å²) in [6.45, 7) is 9.27. The van der Waals surface area contributed by atoms with Crippen LogP contribution >= 0.6 is 11.3 Å². The highest BCUT2D eigenvalue weighted by atomic mass is 32.1. The summed E-state index contributed by atoms with van der Waals surface area (Å²) in [6, 6.07) is 2.95. The molecule has 1 aliphatic heterocycles. The van der Waals surface area contributed by atoms with Crippen LogP contribution in [0.4, 0.5) is 0 Å². The first-order valence-corrected chi connectivity index (χ1v) is 7.59. The van der Waals surface area contributed by atoms with Crippen LogP contribution in [0.1, 0.15) is 28.7 Å². The van der Waals surface area contributed by atoms with Gasteiger partial charge in [-0.25, -0.2) is 0 Å². The summed E-state index contributed by atoms with van der Waals surface area (Å²) in [6.07, 6.45) is 1.17. The average Bonchev–Trinajstić information content (AvgIpc) is 2.97. The molecule has 1 unspecified atom stereocenters. The number of aryl methyl sites for hydroxylation is 1. The number of thiophene rings is 1. The molecule has 1 atom stereocenters. The molecule has 0 aromatic carbocycles. The molecule has 102 valence electrons. The van der Waals surface area contributed by atoms with Crippen LogP contribution in [-0.2, 0) is 17.8 Å². The van der Waals surface area contributed by atoms with Gasteiger partial charge in [-0.05, 0) is 38.6 Å². The van der Waals surface area contributed by atoms with E-state index >= 15 is 0 Å². The molecule has 18 heavy (non-hydrogen) atoms. The van der Waals surface area contributed by atoms with Gasteiger partial charge in [-0.3, -0.25) is 4.90 Å². The second-order valence-electron chi connectivity index (χ2n) is 5.01. The number of nitrogens with one attached hydrogen (secondary N) is 1. The van der Waals surface area contributed by atoms with E-state index in [1.807, 2.05) is 11.3 Å². The lowest BCUT2D eigenvalue weighted by Gasteiger charge is -2.22. The lowest BCUT2D eigenvalue weighted by Crippen LogP contribution is -2.31. The molecule has 0 bridgehead atoms. The predicted octanol–water partition coefficient (Wildman–Crippen LogP) is 2.39. The Morgan fingerprint density at radius 2 is 2.39 bits per heavy atom. The van der Waals surface area contributed by atoms with Crippen LogP contribution in [0.25, 0.3) is 0 Å². The van der Waals surface area contributed by atoms with Gasteiger partial charge < -0.3 is 10.1 Å². The molecule has 2 heterocycles. The Labute approximate surface area is 114 Å². The fourth-order valence-electron chi connectivity index (χ4n) is 2.35. The summed E-state index contributed by atoms with van der Waals surface area (Å²) < 4.78 is 5.46. The molecular formula is C14H24N2OS. The van der Waals surface area contributed by atoms with Crippen molar-refractivity contribution in [2.45, 2.75) is 39.4 Å². The van der Waals surface area contributed by atoms with Crippen molar-refractivity contribution >= 4 is 11.3 Å². The van der Waals surface area contributed by atoms with Crippen molar-refractivity contribution in [2.75, 3.05) is 26.8 Å². The Morgan fingerprint density at radius 3 is 3.06 bits per heavy atom. The summed E-state index contributed by atoms with van der Waals surface area (Å²) >= 11 is 1.92. The number of rotatable bonds is 6. The van der Waals surface area contributed by atoms with Crippen LogP contribution in [0.2, 0.25) is 0 Å². The highest BCUT2D eigenvalue weighted by molar-refractivity contribution is 7.12. The quantitative estimate of drug-likeness (QED) is 0.857. The van der Waals surface area contributed by atoms with E-state index < -0.39 is 0 Å². The van der Waals surface area contributed by atoms with Crippen molar-refractivity contribution in [1.29, 1.82) is 0 Å². The molecule has 0 radical (unpaired) electrons. The third-order valence-electron chi connectivity index (χ3n) is 3.57. The summed E-state index contributed by atoms with van der Waals surface area (Å²) in [4.78, 5) is 5.33. The zero-order chi connectivity index (χ0) is 13.0. The van der Waals surface area contributed by atoms with E-state index in [1.54, 1.807) is 0 Å². The smallest absolute Gasteiger partial charge is 0.0622 e. The molecular weight excluding hydrogens is 244 g/mol. The van der Waals surface area contributed by atoms with E-state index in [0.29, 0.717) is 6.04 Å². The van der Waals surface area contributed by atoms with E-state index in [1.165, 1.54) is 21.7 Å². The second-order valence-corrected chi connectivity index (χ2v) is 6.35. The van der Waals surface area contributed by atoms with Gasteiger partial charge in [0.15, 0.2) is 0 Å². The van der Waals surface area contributed by atoms with Crippen molar-refractivity contribution in [2.24, 2.45) is 0 Å². The van der Waals surface area contributed by atoms with Gasteiger partial charge in [-0.15, -0.1) is 11.3 Å². The Balaban J connectivity index is 1.93. The Hall–Kier alpha value is -0.420. The third kappa shape index (κ3) is 3.54. The van der Waals surface area contributed by atoms with Crippen molar-refractivity contribution in [3.63, 3.8) is 0 Å². The Morgan fingerprint density at radius 1 is 1.56 bits per heavy atom. The van der Waals surface area contributed by atoms with Crippen LogP contribution in [-0.4, -0.2) is 37.7 Å². The first kappa shape index (κ1) is 14.0. The molecule has 1 aromatic heterocycles. The maximum atomic E-state index is 5.46. The van der Waals surface area contributed by atoms with Gasteiger partial charge >= 0.3 is 0 Å². The SMILES string of the molecule is CCNCc1cc(CN(C)C2CCOC2)c(C)s1. The van der Waals surface area contributed by atoms with Crippen LogP contribution in [0, 0.1) is 6.92 Å². The molecule has 0 spiro atoms. The zero-order valence-corrected chi connectivity index (χ0v) is 12.5. The van der Waals surface area contributed by atoms with Gasteiger partial charge in [0.25, 0.3) is 0 Å². The highest BCUT2D eigenvalue weighted by Crippen LogP contribution is 2.24. The molecule has 1 N–H and O–H groups in total. The lowest BCUT2D eigenvalue weighted by atomic mass is 10.2. The molecule has 4 heteroatoms. The van der Waals surface area contributed by atoms with Crippen molar-refractivity contribution in [3.8, 4) is 0 Å². The van der Waals surface area contributed by atoms with E-state index in [4.69, 9.17) is 4.74 Å². The molecule has 1 aliphatic rings. The third-order valence-corrected chi connectivity index (χ3v) is 4.66. The number of hydrogen-bond donors (Lipinski definition) is 1. The molecule has 0 amide bonds. The lowest BCUT2D eigenvalue weighted by molar-refractivity contribution is 0.156.